The second kappa shape index (κ2) is 10.2. The van der Waals surface area contributed by atoms with Crippen molar-refractivity contribution in [3.8, 4) is 11.5 Å². The molecule has 150 valence electrons. The minimum Gasteiger partial charge on any atom is -0.506 e. The van der Waals surface area contributed by atoms with Gasteiger partial charge < -0.3 is 9.84 Å². The van der Waals surface area contributed by atoms with Gasteiger partial charge in [0, 0.05) is 4.47 Å². The van der Waals surface area contributed by atoms with Crippen molar-refractivity contribution in [2.75, 3.05) is 6.61 Å². The molecule has 0 aliphatic heterocycles. The summed E-state index contributed by atoms with van der Waals surface area (Å²) in [4.78, 5) is 12.1. The van der Waals surface area contributed by atoms with Crippen LogP contribution in [0.3, 0.4) is 0 Å². The first-order valence-corrected chi connectivity index (χ1v) is 11.4. The standard InChI is InChI=1S/C19H18Br4N2O3/c1-9(2)12-6-13(20)10(3)17(23)19(12)28-8-16(26)25-24-7-11-4-14(21)18(27)15(22)5-11/h4-7,9,27H,8H2,1-3H3,(H,25,26)/b24-7-. The second-order valence-electron chi connectivity index (χ2n) is 6.29. The molecule has 0 radical (unpaired) electrons. The Morgan fingerprint density at radius 1 is 1.18 bits per heavy atom. The van der Waals surface area contributed by atoms with Crippen LogP contribution < -0.4 is 10.2 Å². The van der Waals surface area contributed by atoms with E-state index in [2.05, 4.69) is 88.1 Å². The van der Waals surface area contributed by atoms with Gasteiger partial charge >= 0.3 is 0 Å². The molecule has 9 heteroatoms. The third kappa shape index (κ3) is 5.81. The number of hydrogen-bond acceptors (Lipinski definition) is 4. The van der Waals surface area contributed by atoms with Gasteiger partial charge in [-0.05, 0) is 95.5 Å². The average Bonchev–Trinajstić information content (AvgIpc) is 2.63. The highest BCUT2D eigenvalue weighted by atomic mass is 79.9. The van der Waals surface area contributed by atoms with E-state index in [1.807, 2.05) is 13.0 Å². The third-order valence-corrected chi connectivity index (χ3v) is 6.83. The van der Waals surface area contributed by atoms with Gasteiger partial charge in [-0.25, -0.2) is 5.43 Å². The van der Waals surface area contributed by atoms with Crippen LogP contribution in [-0.2, 0) is 4.79 Å². The molecule has 28 heavy (non-hydrogen) atoms. The molecule has 0 saturated carbocycles. The highest BCUT2D eigenvalue weighted by molar-refractivity contribution is 9.11. The van der Waals surface area contributed by atoms with Crippen LogP contribution in [-0.4, -0.2) is 23.8 Å². The Bertz CT molecular complexity index is 907. The Labute approximate surface area is 197 Å². The summed E-state index contributed by atoms with van der Waals surface area (Å²) in [7, 11) is 0. The van der Waals surface area contributed by atoms with Gasteiger partial charge in [-0.2, -0.15) is 5.10 Å². The summed E-state index contributed by atoms with van der Waals surface area (Å²) in [5, 5.41) is 13.6. The van der Waals surface area contributed by atoms with Crippen LogP contribution >= 0.6 is 63.7 Å². The highest BCUT2D eigenvalue weighted by Crippen LogP contribution is 2.40. The number of halogens is 4. The van der Waals surface area contributed by atoms with E-state index in [4.69, 9.17) is 4.74 Å². The van der Waals surface area contributed by atoms with Gasteiger partial charge in [0.15, 0.2) is 6.61 Å². The van der Waals surface area contributed by atoms with Crippen LogP contribution in [0.15, 0.2) is 41.2 Å². The van der Waals surface area contributed by atoms with Crippen molar-refractivity contribution in [2.24, 2.45) is 5.10 Å². The van der Waals surface area contributed by atoms with Gasteiger partial charge in [-0.3, -0.25) is 4.79 Å². The molecule has 5 nitrogen and oxygen atoms in total. The third-order valence-electron chi connectivity index (χ3n) is 3.84. The number of nitrogens with zero attached hydrogens (tertiary/aromatic N) is 1. The van der Waals surface area contributed by atoms with Crippen LogP contribution in [0.5, 0.6) is 11.5 Å². The lowest BCUT2D eigenvalue weighted by Gasteiger charge is -2.18. The zero-order valence-corrected chi connectivity index (χ0v) is 21.7. The molecule has 0 aliphatic carbocycles. The van der Waals surface area contributed by atoms with E-state index in [1.165, 1.54) is 6.21 Å². The van der Waals surface area contributed by atoms with Crippen molar-refractivity contribution in [3.63, 3.8) is 0 Å². The molecule has 0 aromatic heterocycles. The number of carbonyl (C=O) groups excluding carboxylic acids is 1. The van der Waals surface area contributed by atoms with Gasteiger partial charge in [0.05, 0.1) is 19.6 Å². The molecule has 2 aromatic carbocycles. The molecule has 2 aromatic rings. The van der Waals surface area contributed by atoms with Gasteiger partial charge in [0.1, 0.15) is 11.5 Å². The number of hydrazone groups is 1. The maximum Gasteiger partial charge on any atom is 0.277 e. The van der Waals surface area contributed by atoms with Gasteiger partial charge in [-0.1, -0.05) is 29.8 Å². The molecule has 0 aliphatic rings. The zero-order chi connectivity index (χ0) is 21.0. The molecule has 2 rings (SSSR count). The normalized spacial score (nSPS) is 11.3. The Morgan fingerprint density at radius 3 is 2.36 bits per heavy atom. The van der Waals surface area contributed by atoms with Crippen molar-refractivity contribution in [3.05, 3.63) is 52.8 Å². The van der Waals surface area contributed by atoms with Crippen molar-refractivity contribution in [2.45, 2.75) is 26.7 Å². The number of phenols is 1. The SMILES string of the molecule is Cc1c(Br)cc(C(C)C)c(OCC(=O)N/N=C\c2cc(Br)c(O)c(Br)c2)c1Br. The van der Waals surface area contributed by atoms with Crippen LogP contribution in [0.25, 0.3) is 0 Å². The van der Waals surface area contributed by atoms with E-state index in [0.717, 1.165) is 20.1 Å². The number of carbonyl (C=O) groups is 1. The van der Waals surface area contributed by atoms with Crippen molar-refractivity contribution in [1.82, 2.24) is 5.43 Å². The summed E-state index contributed by atoms with van der Waals surface area (Å²) in [6.45, 7) is 5.92. The van der Waals surface area contributed by atoms with E-state index in [9.17, 15) is 9.90 Å². The number of ether oxygens (including phenoxy) is 1. The molecule has 2 N–H and O–H groups in total. The van der Waals surface area contributed by atoms with Gasteiger partial charge in [0.25, 0.3) is 5.91 Å². The number of nitrogens with one attached hydrogen (secondary N) is 1. The van der Waals surface area contributed by atoms with E-state index in [1.54, 1.807) is 12.1 Å². The number of phenolic OH excluding ortho intramolecular Hbond substituents is 1. The minimum absolute atomic E-state index is 0.103. The first-order valence-electron chi connectivity index (χ1n) is 8.23. The summed E-state index contributed by atoms with van der Waals surface area (Å²) in [5.41, 5.74) is 5.14. The maximum absolute atomic E-state index is 12.1. The summed E-state index contributed by atoms with van der Waals surface area (Å²) >= 11 is 13.6. The first-order chi connectivity index (χ1) is 13.1. The monoisotopic (exact) mass is 638 g/mol. The zero-order valence-electron chi connectivity index (χ0n) is 15.3. The molecular formula is C19H18Br4N2O3. The van der Waals surface area contributed by atoms with Gasteiger partial charge in [-0.15, -0.1) is 0 Å². The number of benzene rings is 2. The Kier molecular flexibility index (Phi) is 8.54. The van der Waals surface area contributed by atoms with Crippen LogP contribution in [0.2, 0.25) is 0 Å². The number of aromatic hydroxyl groups is 1. The second-order valence-corrected chi connectivity index (χ2v) is 9.64. The summed E-state index contributed by atoms with van der Waals surface area (Å²) in [6, 6.07) is 5.38. The molecule has 0 saturated heterocycles. The molecule has 0 atom stereocenters. The molecule has 0 unspecified atom stereocenters. The van der Waals surface area contributed by atoms with Crippen molar-refractivity contribution < 1.29 is 14.6 Å². The average molecular weight is 642 g/mol. The predicted molar refractivity (Wildman–Crippen MR) is 125 cm³/mol. The molecule has 0 bridgehead atoms. The van der Waals surface area contributed by atoms with E-state index in [-0.39, 0.29) is 24.2 Å². The smallest absolute Gasteiger partial charge is 0.277 e. The van der Waals surface area contributed by atoms with Crippen LogP contribution in [0.4, 0.5) is 0 Å². The lowest BCUT2D eigenvalue weighted by molar-refractivity contribution is -0.123. The summed E-state index contributed by atoms with van der Waals surface area (Å²) < 4.78 is 8.63. The Hall–Kier alpha value is -0.900. The lowest BCUT2D eigenvalue weighted by Crippen LogP contribution is -2.25. The number of hydrogen-bond donors (Lipinski definition) is 2. The largest absolute Gasteiger partial charge is 0.506 e. The fraction of sp³-hybridized carbons (Fsp3) is 0.263. The van der Waals surface area contributed by atoms with Crippen LogP contribution in [0, 0.1) is 6.92 Å². The fourth-order valence-corrected chi connectivity index (χ4v) is 4.79. The molecule has 0 spiro atoms. The molecule has 0 fully saturated rings. The summed E-state index contributed by atoms with van der Waals surface area (Å²) in [5.74, 6) is 0.609. The van der Waals surface area contributed by atoms with E-state index in [0.29, 0.717) is 20.3 Å². The van der Waals surface area contributed by atoms with Crippen molar-refractivity contribution in [1.29, 1.82) is 0 Å². The van der Waals surface area contributed by atoms with Gasteiger partial charge in [0.2, 0.25) is 0 Å². The van der Waals surface area contributed by atoms with Crippen molar-refractivity contribution >= 4 is 75.8 Å². The highest BCUT2D eigenvalue weighted by Gasteiger charge is 2.17. The first kappa shape index (κ1) is 23.4. The predicted octanol–water partition coefficient (Wildman–Crippen LogP) is 6.40. The molecule has 1 amide bonds. The van der Waals surface area contributed by atoms with Crippen LogP contribution in [0.1, 0.15) is 36.5 Å². The summed E-state index contributed by atoms with van der Waals surface area (Å²) in [6.07, 6.45) is 1.48. The quantitative estimate of drug-likeness (QED) is 0.283. The minimum atomic E-state index is -0.379. The Balaban J connectivity index is 2.04. The van der Waals surface area contributed by atoms with E-state index >= 15 is 0 Å². The van der Waals surface area contributed by atoms with E-state index < -0.39 is 0 Å². The maximum atomic E-state index is 12.1. The molecule has 0 heterocycles. The number of rotatable bonds is 6. The molecular weight excluding hydrogens is 624 g/mol. The Morgan fingerprint density at radius 2 is 1.79 bits per heavy atom. The fourth-order valence-electron chi connectivity index (χ4n) is 2.30. The number of amides is 1. The topological polar surface area (TPSA) is 70.9 Å². The lowest BCUT2D eigenvalue weighted by atomic mass is 10.0.